The highest BCUT2D eigenvalue weighted by molar-refractivity contribution is 5.32. The molecule has 0 saturated carbocycles. The van der Waals surface area contributed by atoms with E-state index in [1.165, 1.54) is 22.3 Å². The molecule has 1 saturated heterocycles. The summed E-state index contributed by atoms with van der Waals surface area (Å²) in [5, 5.41) is 0. The smallest absolute Gasteiger partial charge is 0.0602 e. The van der Waals surface area contributed by atoms with Gasteiger partial charge in [-0.05, 0) is 29.2 Å². The first kappa shape index (κ1) is 18.0. The second-order valence-electron chi connectivity index (χ2n) is 7.46. The normalized spacial score (nSPS) is 15.9. The van der Waals surface area contributed by atoms with Gasteiger partial charge in [-0.2, -0.15) is 0 Å². The number of rotatable bonds is 5. The van der Waals surface area contributed by atoms with Crippen molar-refractivity contribution in [1.29, 1.82) is 0 Å². The molecule has 1 aliphatic heterocycles. The van der Waals surface area contributed by atoms with Gasteiger partial charge in [0.15, 0.2) is 0 Å². The van der Waals surface area contributed by atoms with E-state index in [0.717, 1.165) is 32.7 Å². The number of piperazine rings is 1. The predicted octanol–water partition coefficient (Wildman–Crippen LogP) is 4.90. The van der Waals surface area contributed by atoms with Gasteiger partial charge < -0.3 is 0 Å². The summed E-state index contributed by atoms with van der Waals surface area (Å²) in [4.78, 5) is 5.23. The highest BCUT2D eigenvalue weighted by atomic mass is 15.3. The molecule has 0 radical (unpaired) electrons. The summed E-state index contributed by atoms with van der Waals surface area (Å²) in [5.41, 5.74) is 5.62. The van der Waals surface area contributed by atoms with Gasteiger partial charge in [0.05, 0.1) is 6.04 Å². The largest absolute Gasteiger partial charge is 0.297 e. The van der Waals surface area contributed by atoms with E-state index in [9.17, 15) is 0 Å². The first-order chi connectivity index (χ1) is 13.3. The van der Waals surface area contributed by atoms with Crippen molar-refractivity contribution in [2.45, 2.75) is 19.5 Å². The third-order valence-electron chi connectivity index (χ3n) is 5.66. The Kier molecular flexibility index (Phi) is 5.66. The van der Waals surface area contributed by atoms with E-state index in [1.807, 2.05) is 0 Å². The number of aryl methyl sites for hydroxylation is 1. The zero-order chi connectivity index (χ0) is 18.5. The Balaban J connectivity index is 1.48. The first-order valence-electron chi connectivity index (χ1n) is 9.92. The molecule has 0 atom stereocenters. The Bertz CT molecular complexity index is 797. The zero-order valence-corrected chi connectivity index (χ0v) is 16.1. The van der Waals surface area contributed by atoms with Crippen molar-refractivity contribution in [2.24, 2.45) is 0 Å². The lowest BCUT2D eigenvalue weighted by Gasteiger charge is -2.40. The van der Waals surface area contributed by atoms with Crippen LogP contribution in [0.3, 0.4) is 0 Å². The maximum absolute atomic E-state index is 2.64. The molecule has 0 bridgehead atoms. The summed E-state index contributed by atoms with van der Waals surface area (Å²) in [6, 6.07) is 31.0. The van der Waals surface area contributed by atoms with Crippen LogP contribution in [0, 0.1) is 6.92 Å². The minimum atomic E-state index is 0.341. The zero-order valence-electron chi connectivity index (χ0n) is 16.1. The fraction of sp³-hybridized carbons (Fsp3) is 0.280. The highest BCUT2D eigenvalue weighted by Gasteiger charge is 2.26. The van der Waals surface area contributed by atoms with Crippen molar-refractivity contribution >= 4 is 0 Å². The summed E-state index contributed by atoms with van der Waals surface area (Å²) >= 11 is 0. The predicted molar refractivity (Wildman–Crippen MR) is 113 cm³/mol. The van der Waals surface area contributed by atoms with Crippen molar-refractivity contribution in [3.63, 3.8) is 0 Å². The van der Waals surface area contributed by atoms with Crippen molar-refractivity contribution in [2.75, 3.05) is 26.2 Å². The summed E-state index contributed by atoms with van der Waals surface area (Å²) in [7, 11) is 0. The minimum Gasteiger partial charge on any atom is -0.297 e. The fourth-order valence-corrected chi connectivity index (χ4v) is 4.09. The van der Waals surface area contributed by atoms with Crippen LogP contribution in [0.25, 0.3) is 0 Å². The lowest BCUT2D eigenvalue weighted by atomic mass is 9.96. The molecule has 3 aromatic carbocycles. The summed E-state index contributed by atoms with van der Waals surface area (Å²) in [6.07, 6.45) is 0. The van der Waals surface area contributed by atoms with E-state index in [4.69, 9.17) is 0 Å². The van der Waals surface area contributed by atoms with Crippen LogP contribution in [-0.4, -0.2) is 36.0 Å². The van der Waals surface area contributed by atoms with Crippen molar-refractivity contribution in [3.8, 4) is 0 Å². The van der Waals surface area contributed by atoms with Gasteiger partial charge >= 0.3 is 0 Å². The van der Waals surface area contributed by atoms with Crippen molar-refractivity contribution in [3.05, 3.63) is 107 Å². The number of hydrogen-bond donors (Lipinski definition) is 0. The van der Waals surface area contributed by atoms with Gasteiger partial charge in [0.25, 0.3) is 0 Å². The molecule has 138 valence electrons. The SMILES string of the molecule is Cc1ccccc1CN1CCN(C(c2ccccc2)c2ccccc2)CC1. The van der Waals surface area contributed by atoms with Gasteiger partial charge in [-0.3, -0.25) is 9.80 Å². The topological polar surface area (TPSA) is 6.48 Å². The quantitative estimate of drug-likeness (QED) is 0.641. The Morgan fingerprint density at radius 3 is 1.74 bits per heavy atom. The highest BCUT2D eigenvalue weighted by Crippen LogP contribution is 2.29. The second-order valence-corrected chi connectivity index (χ2v) is 7.46. The number of benzene rings is 3. The molecule has 1 heterocycles. The molecular weight excluding hydrogens is 328 g/mol. The van der Waals surface area contributed by atoms with Gasteiger partial charge in [-0.15, -0.1) is 0 Å². The molecule has 27 heavy (non-hydrogen) atoms. The third-order valence-corrected chi connectivity index (χ3v) is 5.66. The monoisotopic (exact) mass is 356 g/mol. The molecule has 0 amide bonds. The average Bonchev–Trinajstić information content (AvgIpc) is 2.73. The van der Waals surface area contributed by atoms with E-state index >= 15 is 0 Å². The average molecular weight is 357 g/mol. The van der Waals surface area contributed by atoms with E-state index in [2.05, 4.69) is 102 Å². The van der Waals surface area contributed by atoms with Crippen LogP contribution < -0.4 is 0 Å². The lowest BCUT2D eigenvalue weighted by molar-refractivity contribution is 0.105. The lowest BCUT2D eigenvalue weighted by Crippen LogP contribution is -2.47. The van der Waals surface area contributed by atoms with Crippen LogP contribution in [0.2, 0.25) is 0 Å². The van der Waals surface area contributed by atoms with Crippen LogP contribution >= 0.6 is 0 Å². The van der Waals surface area contributed by atoms with Crippen molar-refractivity contribution < 1.29 is 0 Å². The standard InChI is InChI=1S/C25H28N2/c1-21-10-8-9-15-24(21)20-26-16-18-27(19-17-26)25(22-11-4-2-5-12-22)23-13-6-3-7-14-23/h2-15,25H,16-20H2,1H3. The summed E-state index contributed by atoms with van der Waals surface area (Å²) in [5.74, 6) is 0. The molecule has 0 spiro atoms. The Morgan fingerprint density at radius 2 is 1.19 bits per heavy atom. The Hall–Kier alpha value is -2.42. The van der Waals surface area contributed by atoms with E-state index in [1.54, 1.807) is 0 Å². The van der Waals surface area contributed by atoms with Gasteiger partial charge in [0.2, 0.25) is 0 Å². The maximum Gasteiger partial charge on any atom is 0.0602 e. The summed E-state index contributed by atoms with van der Waals surface area (Å²) in [6.45, 7) is 7.70. The van der Waals surface area contributed by atoms with Crippen molar-refractivity contribution in [1.82, 2.24) is 9.80 Å². The first-order valence-corrected chi connectivity index (χ1v) is 9.92. The van der Waals surface area contributed by atoms with Crippen LogP contribution in [0.15, 0.2) is 84.9 Å². The van der Waals surface area contributed by atoms with E-state index < -0.39 is 0 Å². The second kappa shape index (κ2) is 8.51. The van der Waals surface area contributed by atoms with Gasteiger partial charge in [0.1, 0.15) is 0 Å². The van der Waals surface area contributed by atoms with E-state index in [0.29, 0.717) is 6.04 Å². The van der Waals surface area contributed by atoms with Crippen LogP contribution in [0.1, 0.15) is 28.3 Å². The molecule has 4 rings (SSSR count). The molecule has 1 aliphatic rings. The molecule has 0 N–H and O–H groups in total. The van der Waals surface area contributed by atoms with E-state index in [-0.39, 0.29) is 0 Å². The summed E-state index contributed by atoms with van der Waals surface area (Å²) < 4.78 is 0. The molecule has 2 heteroatoms. The fourth-order valence-electron chi connectivity index (χ4n) is 4.09. The number of nitrogens with zero attached hydrogens (tertiary/aromatic N) is 2. The molecule has 0 unspecified atom stereocenters. The number of hydrogen-bond acceptors (Lipinski definition) is 2. The molecule has 1 fully saturated rings. The maximum atomic E-state index is 2.64. The van der Waals surface area contributed by atoms with Gasteiger partial charge in [-0.25, -0.2) is 0 Å². The molecule has 0 aliphatic carbocycles. The van der Waals surface area contributed by atoms with Gasteiger partial charge in [0, 0.05) is 32.7 Å². The molecule has 2 nitrogen and oxygen atoms in total. The molecule has 3 aromatic rings. The van der Waals surface area contributed by atoms with Gasteiger partial charge in [-0.1, -0.05) is 84.9 Å². The third kappa shape index (κ3) is 4.29. The Morgan fingerprint density at radius 1 is 0.667 bits per heavy atom. The Labute approximate surface area is 163 Å². The van der Waals surface area contributed by atoms with Crippen LogP contribution in [0.5, 0.6) is 0 Å². The van der Waals surface area contributed by atoms with Crippen LogP contribution in [-0.2, 0) is 6.54 Å². The minimum absolute atomic E-state index is 0.341. The van der Waals surface area contributed by atoms with Crippen LogP contribution in [0.4, 0.5) is 0 Å². The molecular formula is C25H28N2. The molecule has 0 aromatic heterocycles.